The van der Waals surface area contributed by atoms with Crippen LogP contribution >= 0.6 is 0 Å². The van der Waals surface area contributed by atoms with E-state index in [2.05, 4.69) is 0 Å². The van der Waals surface area contributed by atoms with Crippen LogP contribution in [-0.4, -0.2) is 37.1 Å². The SMILES string of the molecule is Cc1cc(CCc2ccccc2)oc(=O)c1C(=O)N1CCOCC1. The summed E-state index contributed by atoms with van der Waals surface area (Å²) < 4.78 is 10.6. The van der Waals surface area contributed by atoms with Crippen molar-refractivity contribution in [3.63, 3.8) is 0 Å². The minimum atomic E-state index is -0.547. The second kappa shape index (κ2) is 7.45. The summed E-state index contributed by atoms with van der Waals surface area (Å²) in [7, 11) is 0. The van der Waals surface area contributed by atoms with Crippen molar-refractivity contribution in [3.05, 3.63) is 69.3 Å². The van der Waals surface area contributed by atoms with Crippen molar-refractivity contribution in [2.24, 2.45) is 0 Å². The van der Waals surface area contributed by atoms with E-state index in [1.54, 1.807) is 17.9 Å². The number of rotatable bonds is 4. The third-order valence-electron chi connectivity index (χ3n) is 4.21. The highest BCUT2D eigenvalue weighted by Crippen LogP contribution is 2.13. The zero-order chi connectivity index (χ0) is 16.9. The van der Waals surface area contributed by atoms with Crippen LogP contribution in [0, 0.1) is 6.92 Å². The van der Waals surface area contributed by atoms with Gasteiger partial charge in [-0.2, -0.15) is 0 Å². The molecule has 5 heteroatoms. The van der Waals surface area contributed by atoms with Gasteiger partial charge in [0, 0.05) is 19.5 Å². The van der Waals surface area contributed by atoms with Gasteiger partial charge < -0.3 is 14.1 Å². The molecule has 0 bridgehead atoms. The molecule has 1 saturated heterocycles. The van der Waals surface area contributed by atoms with Crippen molar-refractivity contribution in [3.8, 4) is 0 Å². The predicted molar refractivity (Wildman–Crippen MR) is 90.3 cm³/mol. The zero-order valence-corrected chi connectivity index (χ0v) is 13.8. The molecule has 3 rings (SSSR count). The maximum Gasteiger partial charge on any atom is 0.349 e. The van der Waals surface area contributed by atoms with Gasteiger partial charge in [0.25, 0.3) is 5.91 Å². The Kier molecular flexibility index (Phi) is 5.11. The standard InChI is InChI=1S/C19H21NO4/c1-14-13-16(8-7-15-5-3-2-4-6-15)24-19(22)17(14)18(21)20-9-11-23-12-10-20/h2-6,13H,7-12H2,1H3. The Morgan fingerprint density at radius 1 is 1.12 bits per heavy atom. The number of amides is 1. The van der Waals surface area contributed by atoms with Gasteiger partial charge in [-0.3, -0.25) is 4.79 Å². The van der Waals surface area contributed by atoms with Crippen molar-refractivity contribution in [2.45, 2.75) is 19.8 Å². The molecule has 0 N–H and O–H groups in total. The van der Waals surface area contributed by atoms with Crippen LogP contribution in [0.15, 0.2) is 45.6 Å². The van der Waals surface area contributed by atoms with Gasteiger partial charge in [-0.15, -0.1) is 0 Å². The second-order valence-electron chi connectivity index (χ2n) is 5.95. The fraction of sp³-hybridized carbons (Fsp3) is 0.368. The summed E-state index contributed by atoms with van der Waals surface area (Å²) in [5.74, 6) is 0.346. The molecule has 0 spiro atoms. The van der Waals surface area contributed by atoms with Crippen LogP contribution in [0.4, 0.5) is 0 Å². The van der Waals surface area contributed by atoms with Crippen LogP contribution in [-0.2, 0) is 17.6 Å². The first-order chi connectivity index (χ1) is 11.6. The molecule has 1 aromatic heterocycles. The van der Waals surface area contributed by atoms with Crippen LogP contribution in [0.25, 0.3) is 0 Å². The van der Waals surface area contributed by atoms with Gasteiger partial charge >= 0.3 is 5.63 Å². The summed E-state index contributed by atoms with van der Waals surface area (Å²) in [4.78, 5) is 26.5. The van der Waals surface area contributed by atoms with E-state index in [9.17, 15) is 9.59 Å². The summed E-state index contributed by atoms with van der Waals surface area (Å²) in [6.07, 6.45) is 1.42. The van der Waals surface area contributed by atoms with E-state index in [1.807, 2.05) is 30.3 Å². The molecule has 5 nitrogen and oxygen atoms in total. The molecule has 0 radical (unpaired) electrons. The second-order valence-corrected chi connectivity index (χ2v) is 5.95. The summed E-state index contributed by atoms with van der Waals surface area (Å²) in [5, 5.41) is 0. The first kappa shape index (κ1) is 16.5. The largest absolute Gasteiger partial charge is 0.427 e. The molecule has 1 aliphatic rings. The first-order valence-corrected chi connectivity index (χ1v) is 8.20. The Morgan fingerprint density at radius 2 is 1.83 bits per heavy atom. The van der Waals surface area contributed by atoms with Gasteiger partial charge in [0.2, 0.25) is 0 Å². The molecule has 0 atom stereocenters. The lowest BCUT2D eigenvalue weighted by Crippen LogP contribution is -2.42. The molecule has 0 aliphatic carbocycles. The number of benzene rings is 1. The first-order valence-electron chi connectivity index (χ1n) is 8.20. The van der Waals surface area contributed by atoms with E-state index in [4.69, 9.17) is 9.15 Å². The van der Waals surface area contributed by atoms with E-state index in [0.717, 1.165) is 6.42 Å². The van der Waals surface area contributed by atoms with Crippen molar-refractivity contribution in [1.82, 2.24) is 4.90 Å². The van der Waals surface area contributed by atoms with E-state index in [0.29, 0.717) is 44.0 Å². The van der Waals surface area contributed by atoms with E-state index < -0.39 is 5.63 Å². The maximum atomic E-state index is 12.5. The lowest BCUT2D eigenvalue weighted by Gasteiger charge is -2.26. The quantitative estimate of drug-likeness (QED) is 0.864. The van der Waals surface area contributed by atoms with Crippen LogP contribution in [0.3, 0.4) is 0 Å². The summed E-state index contributed by atoms with van der Waals surface area (Å²) in [6.45, 7) is 3.81. The average Bonchev–Trinajstić information content (AvgIpc) is 2.61. The Bertz CT molecular complexity index is 761. The topological polar surface area (TPSA) is 59.8 Å². The number of hydrogen-bond acceptors (Lipinski definition) is 4. The van der Waals surface area contributed by atoms with Gasteiger partial charge in [-0.1, -0.05) is 30.3 Å². The molecule has 1 aromatic carbocycles. The Morgan fingerprint density at radius 3 is 2.50 bits per heavy atom. The van der Waals surface area contributed by atoms with Crippen molar-refractivity contribution >= 4 is 5.91 Å². The van der Waals surface area contributed by atoms with E-state index >= 15 is 0 Å². The Balaban J connectivity index is 1.76. The number of nitrogens with zero attached hydrogens (tertiary/aromatic N) is 1. The van der Waals surface area contributed by atoms with Gasteiger partial charge in [0.15, 0.2) is 0 Å². The lowest BCUT2D eigenvalue weighted by molar-refractivity contribution is 0.0299. The normalized spacial score (nSPS) is 14.6. The van der Waals surface area contributed by atoms with Crippen LogP contribution in [0.1, 0.15) is 27.2 Å². The predicted octanol–water partition coefficient (Wildman–Crippen LogP) is 2.21. The number of carbonyl (C=O) groups excluding carboxylic acids is 1. The molecule has 1 aliphatic heterocycles. The van der Waals surface area contributed by atoms with Crippen LogP contribution < -0.4 is 5.63 Å². The van der Waals surface area contributed by atoms with Gasteiger partial charge in [0.05, 0.1) is 13.2 Å². The molecule has 24 heavy (non-hydrogen) atoms. The maximum absolute atomic E-state index is 12.5. The number of ether oxygens (including phenoxy) is 1. The molecule has 1 fully saturated rings. The van der Waals surface area contributed by atoms with Crippen LogP contribution in [0.5, 0.6) is 0 Å². The van der Waals surface area contributed by atoms with Gasteiger partial charge in [-0.05, 0) is 30.5 Å². The van der Waals surface area contributed by atoms with Gasteiger partial charge in [-0.25, -0.2) is 4.79 Å². The minimum absolute atomic E-state index is 0.139. The van der Waals surface area contributed by atoms with Gasteiger partial charge in [0.1, 0.15) is 11.3 Å². The highest BCUT2D eigenvalue weighted by atomic mass is 16.5. The number of hydrogen-bond donors (Lipinski definition) is 0. The Labute approximate surface area is 140 Å². The van der Waals surface area contributed by atoms with Crippen LogP contribution in [0.2, 0.25) is 0 Å². The summed E-state index contributed by atoms with van der Waals surface area (Å²) in [6, 6.07) is 11.8. The summed E-state index contributed by atoms with van der Waals surface area (Å²) >= 11 is 0. The smallest absolute Gasteiger partial charge is 0.349 e. The summed E-state index contributed by atoms with van der Waals surface area (Å²) in [5.41, 5.74) is 1.45. The molecule has 0 unspecified atom stereocenters. The third-order valence-corrected chi connectivity index (χ3v) is 4.21. The van der Waals surface area contributed by atoms with Crippen molar-refractivity contribution in [1.29, 1.82) is 0 Å². The molecule has 2 aromatic rings. The lowest BCUT2D eigenvalue weighted by atomic mass is 10.1. The zero-order valence-electron chi connectivity index (χ0n) is 13.8. The molecule has 1 amide bonds. The molecule has 0 saturated carbocycles. The van der Waals surface area contributed by atoms with Crippen molar-refractivity contribution in [2.75, 3.05) is 26.3 Å². The number of morpholine rings is 1. The third kappa shape index (κ3) is 3.74. The molecular formula is C19H21NO4. The van der Waals surface area contributed by atoms with E-state index in [-0.39, 0.29) is 11.5 Å². The number of aryl methyl sites for hydroxylation is 3. The monoisotopic (exact) mass is 327 g/mol. The fourth-order valence-corrected chi connectivity index (χ4v) is 2.89. The number of carbonyl (C=O) groups is 1. The highest BCUT2D eigenvalue weighted by Gasteiger charge is 2.24. The fourth-order valence-electron chi connectivity index (χ4n) is 2.89. The van der Waals surface area contributed by atoms with E-state index in [1.165, 1.54) is 5.56 Å². The molecule has 2 heterocycles. The average molecular weight is 327 g/mol. The highest BCUT2D eigenvalue weighted by molar-refractivity contribution is 5.95. The molecule has 126 valence electrons. The molecular weight excluding hydrogens is 306 g/mol. The minimum Gasteiger partial charge on any atom is -0.427 e. The Hall–Kier alpha value is -2.40. The van der Waals surface area contributed by atoms with Crippen molar-refractivity contribution < 1.29 is 13.9 Å².